The molecule has 3 heteroatoms. The van der Waals surface area contributed by atoms with Crippen molar-refractivity contribution < 1.29 is 0 Å². The quantitative estimate of drug-likeness (QED) is 0.586. The van der Waals surface area contributed by atoms with Crippen LogP contribution in [-0.2, 0) is 13.1 Å². The van der Waals surface area contributed by atoms with Crippen molar-refractivity contribution in [2.45, 2.75) is 13.1 Å². The first-order valence-corrected chi connectivity index (χ1v) is 6.84. The highest BCUT2D eigenvalue weighted by molar-refractivity contribution is 5.79. The number of guanidine groups is 1. The Morgan fingerprint density at radius 2 is 1.35 bits per heavy atom. The second kappa shape index (κ2) is 5.00. The van der Waals surface area contributed by atoms with Crippen LogP contribution in [-0.4, -0.2) is 29.9 Å². The zero-order valence-corrected chi connectivity index (χ0v) is 11.9. The first-order valence-electron chi connectivity index (χ1n) is 6.84. The molecule has 0 saturated heterocycles. The number of hydrogen-bond acceptors (Lipinski definition) is 1. The van der Waals surface area contributed by atoms with Gasteiger partial charge in [0.25, 0.3) is 0 Å². The van der Waals surface area contributed by atoms with Crippen LogP contribution in [0, 0.1) is 5.41 Å². The summed E-state index contributed by atoms with van der Waals surface area (Å²) in [5.74, 6) is 0.552. The zero-order valence-electron chi connectivity index (χ0n) is 11.9. The van der Waals surface area contributed by atoms with E-state index in [1.54, 1.807) is 0 Å². The fraction of sp³-hybridized carbons (Fsp3) is 0.235. The predicted molar refractivity (Wildman–Crippen MR) is 82.5 cm³/mol. The van der Waals surface area contributed by atoms with Crippen LogP contribution in [0.15, 0.2) is 48.5 Å². The Bertz CT molecular complexity index is 599. The molecule has 0 unspecified atom stereocenters. The van der Waals surface area contributed by atoms with Crippen molar-refractivity contribution in [3.05, 3.63) is 59.7 Å². The molecule has 0 amide bonds. The van der Waals surface area contributed by atoms with Gasteiger partial charge in [-0.2, -0.15) is 0 Å². The minimum absolute atomic E-state index is 0.552. The van der Waals surface area contributed by atoms with Crippen LogP contribution < -0.4 is 0 Å². The molecule has 102 valence electrons. The average molecular weight is 265 g/mol. The van der Waals surface area contributed by atoms with E-state index in [4.69, 9.17) is 5.41 Å². The smallest absolute Gasteiger partial charge is 0.193 e. The first-order chi connectivity index (χ1) is 9.66. The molecule has 2 aromatic rings. The van der Waals surface area contributed by atoms with E-state index in [0.29, 0.717) is 5.96 Å². The van der Waals surface area contributed by atoms with Gasteiger partial charge < -0.3 is 9.80 Å². The van der Waals surface area contributed by atoms with Crippen molar-refractivity contribution in [2.75, 3.05) is 14.1 Å². The maximum absolute atomic E-state index is 8.27. The fourth-order valence-electron chi connectivity index (χ4n) is 2.74. The lowest BCUT2D eigenvalue weighted by atomic mass is 9.97. The lowest BCUT2D eigenvalue weighted by molar-refractivity contribution is 0.352. The van der Waals surface area contributed by atoms with E-state index in [-0.39, 0.29) is 0 Å². The molecule has 20 heavy (non-hydrogen) atoms. The van der Waals surface area contributed by atoms with Crippen LogP contribution in [0.4, 0.5) is 0 Å². The second-order valence-electron chi connectivity index (χ2n) is 5.39. The highest BCUT2D eigenvalue weighted by atomic mass is 15.3. The molecule has 0 saturated carbocycles. The molecule has 3 rings (SSSR count). The Balaban J connectivity index is 2.12. The van der Waals surface area contributed by atoms with E-state index in [9.17, 15) is 0 Å². The normalized spacial score (nSPS) is 13.2. The molecular weight excluding hydrogens is 246 g/mol. The van der Waals surface area contributed by atoms with Crippen LogP contribution in [0.3, 0.4) is 0 Å². The SMILES string of the molecule is CN(C)C(=N)N1Cc2ccccc2-c2ccccc2C1. The maximum atomic E-state index is 8.27. The Hall–Kier alpha value is -2.29. The lowest BCUT2D eigenvalue weighted by Crippen LogP contribution is -2.38. The van der Waals surface area contributed by atoms with Gasteiger partial charge in [0.15, 0.2) is 5.96 Å². The van der Waals surface area contributed by atoms with Gasteiger partial charge in [-0.05, 0) is 22.3 Å². The number of nitrogens with one attached hydrogen (secondary N) is 1. The van der Waals surface area contributed by atoms with Crippen molar-refractivity contribution in [1.82, 2.24) is 9.80 Å². The molecule has 0 radical (unpaired) electrons. The molecule has 1 aliphatic rings. The minimum Gasteiger partial charge on any atom is -0.349 e. The molecule has 0 aliphatic carbocycles. The third-order valence-electron chi connectivity index (χ3n) is 3.77. The van der Waals surface area contributed by atoms with Gasteiger partial charge in [-0.3, -0.25) is 5.41 Å². The monoisotopic (exact) mass is 265 g/mol. The van der Waals surface area contributed by atoms with Crippen molar-refractivity contribution >= 4 is 5.96 Å². The largest absolute Gasteiger partial charge is 0.349 e. The Morgan fingerprint density at radius 3 is 1.80 bits per heavy atom. The zero-order chi connectivity index (χ0) is 14.1. The predicted octanol–water partition coefficient (Wildman–Crippen LogP) is 3.17. The summed E-state index contributed by atoms with van der Waals surface area (Å²) < 4.78 is 0. The molecule has 0 atom stereocenters. The number of nitrogens with zero attached hydrogens (tertiary/aromatic N) is 2. The van der Waals surface area contributed by atoms with E-state index in [0.717, 1.165) is 13.1 Å². The highest BCUT2D eigenvalue weighted by Gasteiger charge is 2.21. The van der Waals surface area contributed by atoms with Gasteiger partial charge >= 0.3 is 0 Å². The van der Waals surface area contributed by atoms with E-state index >= 15 is 0 Å². The van der Waals surface area contributed by atoms with Crippen molar-refractivity contribution in [3.63, 3.8) is 0 Å². The molecule has 0 fully saturated rings. The summed E-state index contributed by atoms with van der Waals surface area (Å²) >= 11 is 0. The number of rotatable bonds is 0. The highest BCUT2D eigenvalue weighted by Crippen LogP contribution is 2.32. The summed E-state index contributed by atoms with van der Waals surface area (Å²) in [4.78, 5) is 3.97. The summed E-state index contributed by atoms with van der Waals surface area (Å²) in [5, 5.41) is 8.27. The summed E-state index contributed by atoms with van der Waals surface area (Å²) in [6.07, 6.45) is 0. The van der Waals surface area contributed by atoms with Crippen LogP contribution in [0.25, 0.3) is 11.1 Å². The van der Waals surface area contributed by atoms with Gasteiger partial charge in [-0.1, -0.05) is 48.5 Å². The Morgan fingerprint density at radius 1 is 0.900 bits per heavy atom. The van der Waals surface area contributed by atoms with E-state index < -0.39 is 0 Å². The number of benzene rings is 2. The van der Waals surface area contributed by atoms with Crippen LogP contribution >= 0.6 is 0 Å². The third-order valence-corrected chi connectivity index (χ3v) is 3.77. The molecule has 1 aliphatic heterocycles. The summed E-state index contributed by atoms with van der Waals surface area (Å²) in [6, 6.07) is 17.0. The molecule has 1 heterocycles. The Kier molecular flexibility index (Phi) is 3.18. The third kappa shape index (κ3) is 2.16. The molecular formula is C17H19N3. The summed E-state index contributed by atoms with van der Waals surface area (Å²) in [7, 11) is 3.84. The van der Waals surface area contributed by atoms with E-state index in [1.807, 2.05) is 19.0 Å². The molecule has 0 aromatic heterocycles. The van der Waals surface area contributed by atoms with Gasteiger partial charge in [0, 0.05) is 27.2 Å². The van der Waals surface area contributed by atoms with Gasteiger partial charge in [0.05, 0.1) is 0 Å². The number of hydrogen-bond donors (Lipinski definition) is 1. The molecule has 0 spiro atoms. The van der Waals surface area contributed by atoms with Crippen molar-refractivity contribution in [1.29, 1.82) is 5.41 Å². The topological polar surface area (TPSA) is 30.3 Å². The summed E-state index contributed by atoms with van der Waals surface area (Å²) in [5.41, 5.74) is 5.14. The molecule has 0 bridgehead atoms. The second-order valence-corrected chi connectivity index (χ2v) is 5.39. The summed E-state index contributed by atoms with van der Waals surface area (Å²) in [6.45, 7) is 1.56. The standard InChI is InChI=1S/C17H19N3/c1-19(2)17(18)20-11-13-7-3-5-9-15(13)16-10-6-4-8-14(16)12-20/h3-10,18H,11-12H2,1-2H3. The van der Waals surface area contributed by atoms with Gasteiger partial charge in [-0.25, -0.2) is 0 Å². The van der Waals surface area contributed by atoms with Crippen LogP contribution in [0.1, 0.15) is 11.1 Å². The van der Waals surface area contributed by atoms with Gasteiger partial charge in [-0.15, -0.1) is 0 Å². The van der Waals surface area contributed by atoms with Gasteiger partial charge in [0.2, 0.25) is 0 Å². The minimum atomic E-state index is 0.552. The van der Waals surface area contributed by atoms with Crippen LogP contribution in [0.2, 0.25) is 0 Å². The Labute approximate surface area is 120 Å². The fourth-order valence-corrected chi connectivity index (χ4v) is 2.74. The molecule has 3 nitrogen and oxygen atoms in total. The molecule has 1 N–H and O–H groups in total. The number of fused-ring (bicyclic) bond motifs is 3. The van der Waals surface area contributed by atoms with Crippen molar-refractivity contribution in [2.24, 2.45) is 0 Å². The average Bonchev–Trinajstić information content (AvgIpc) is 2.63. The van der Waals surface area contributed by atoms with E-state index in [2.05, 4.69) is 53.4 Å². The lowest BCUT2D eigenvalue weighted by Gasteiger charge is -2.28. The molecule has 2 aromatic carbocycles. The maximum Gasteiger partial charge on any atom is 0.193 e. The first kappa shape index (κ1) is 12.7. The van der Waals surface area contributed by atoms with Crippen LogP contribution in [0.5, 0.6) is 0 Å². The van der Waals surface area contributed by atoms with Gasteiger partial charge in [0.1, 0.15) is 0 Å². The van der Waals surface area contributed by atoms with E-state index in [1.165, 1.54) is 22.3 Å². The van der Waals surface area contributed by atoms with Crippen molar-refractivity contribution in [3.8, 4) is 11.1 Å².